The number of nitrogens with one attached hydrogen (secondary N) is 1. The lowest BCUT2D eigenvalue weighted by atomic mass is 10.2. The molecular formula is C12H15Cl2N5O. The van der Waals surface area contributed by atoms with Gasteiger partial charge in [-0.25, -0.2) is 0 Å². The monoisotopic (exact) mass is 315 g/mol. The smallest absolute Gasteiger partial charge is 0.259 e. The number of halogens is 2. The highest BCUT2D eigenvalue weighted by Gasteiger charge is 2.25. The molecule has 1 fully saturated rings. The third-order valence-electron chi connectivity index (χ3n) is 3.25. The van der Waals surface area contributed by atoms with Crippen molar-refractivity contribution in [3.63, 3.8) is 0 Å². The molecule has 1 unspecified atom stereocenters. The first-order valence-corrected chi connectivity index (χ1v) is 6.48. The van der Waals surface area contributed by atoms with E-state index in [9.17, 15) is 0 Å². The van der Waals surface area contributed by atoms with Crippen LogP contribution < -0.4 is 5.32 Å². The van der Waals surface area contributed by atoms with Gasteiger partial charge in [-0.1, -0.05) is 16.8 Å². The number of rotatable bonds is 2. The van der Waals surface area contributed by atoms with Crippen molar-refractivity contribution in [1.82, 2.24) is 25.3 Å². The molecule has 0 bridgehead atoms. The molecule has 1 atom stereocenters. The molecule has 3 rings (SSSR count). The first-order valence-electron chi connectivity index (χ1n) is 6.10. The van der Waals surface area contributed by atoms with E-state index in [1.165, 1.54) is 0 Å². The van der Waals surface area contributed by atoms with Crippen molar-refractivity contribution >= 4 is 24.0 Å². The van der Waals surface area contributed by atoms with Gasteiger partial charge in [0.05, 0.1) is 16.6 Å². The lowest BCUT2D eigenvalue weighted by molar-refractivity contribution is 0.190. The Morgan fingerprint density at radius 1 is 1.50 bits per heavy atom. The number of hydrogen-bond donors (Lipinski definition) is 1. The van der Waals surface area contributed by atoms with Gasteiger partial charge in [0.15, 0.2) is 5.82 Å². The van der Waals surface area contributed by atoms with Crippen LogP contribution in [0, 0.1) is 0 Å². The van der Waals surface area contributed by atoms with Crippen LogP contribution in [0.5, 0.6) is 0 Å². The first kappa shape index (κ1) is 15.2. The van der Waals surface area contributed by atoms with Crippen LogP contribution in [0.4, 0.5) is 0 Å². The van der Waals surface area contributed by atoms with Crippen molar-refractivity contribution in [2.75, 3.05) is 26.7 Å². The van der Waals surface area contributed by atoms with E-state index >= 15 is 0 Å². The number of hydrogen-bond acceptors (Lipinski definition) is 6. The summed E-state index contributed by atoms with van der Waals surface area (Å²) < 4.78 is 5.31. The molecule has 0 radical (unpaired) electrons. The van der Waals surface area contributed by atoms with E-state index in [1.54, 1.807) is 18.5 Å². The fourth-order valence-corrected chi connectivity index (χ4v) is 2.32. The van der Waals surface area contributed by atoms with Gasteiger partial charge in [0.1, 0.15) is 0 Å². The quantitative estimate of drug-likeness (QED) is 0.911. The second-order valence-electron chi connectivity index (χ2n) is 4.51. The van der Waals surface area contributed by atoms with Crippen molar-refractivity contribution in [3.05, 3.63) is 29.3 Å². The van der Waals surface area contributed by atoms with Crippen molar-refractivity contribution in [1.29, 1.82) is 0 Å². The minimum atomic E-state index is 0. The molecule has 1 aliphatic heterocycles. The van der Waals surface area contributed by atoms with E-state index < -0.39 is 0 Å². The topological polar surface area (TPSA) is 67.1 Å². The number of likely N-dealkylation sites (N-methyl/N-ethyl adjacent to an activating group) is 1. The van der Waals surface area contributed by atoms with E-state index in [2.05, 4.69) is 32.4 Å². The molecule has 20 heavy (non-hydrogen) atoms. The minimum absolute atomic E-state index is 0. The molecule has 1 saturated heterocycles. The molecule has 0 spiro atoms. The van der Waals surface area contributed by atoms with Gasteiger partial charge in [-0.15, -0.1) is 12.4 Å². The van der Waals surface area contributed by atoms with Crippen LogP contribution in [0.3, 0.4) is 0 Å². The summed E-state index contributed by atoms with van der Waals surface area (Å²) in [6, 6.07) is 1.90. The molecule has 0 aromatic carbocycles. The molecule has 108 valence electrons. The lowest BCUT2D eigenvalue weighted by Crippen LogP contribution is -2.44. The van der Waals surface area contributed by atoms with Gasteiger partial charge >= 0.3 is 0 Å². The lowest BCUT2D eigenvalue weighted by Gasteiger charge is -2.30. The number of aromatic nitrogens is 3. The number of piperazine rings is 1. The molecule has 6 nitrogen and oxygen atoms in total. The van der Waals surface area contributed by atoms with Gasteiger partial charge in [-0.3, -0.25) is 9.88 Å². The van der Waals surface area contributed by atoms with Gasteiger partial charge < -0.3 is 9.84 Å². The fourth-order valence-electron chi connectivity index (χ4n) is 2.12. The second kappa shape index (κ2) is 6.49. The molecule has 0 amide bonds. The Morgan fingerprint density at radius 3 is 3.10 bits per heavy atom. The third-order valence-corrected chi connectivity index (χ3v) is 3.55. The zero-order valence-electron chi connectivity index (χ0n) is 10.9. The zero-order chi connectivity index (χ0) is 13.2. The highest BCUT2D eigenvalue weighted by Crippen LogP contribution is 2.27. The standard InChI is InChI=1S/C12H14ClN5O.ClH/c1-18-5-4-15-7-10(18)11-16-12(19-17-11)8-2-3-14-6-9(8)13;/h2-3,6,10,15H,4-5,7H2,1H3;1H. The highest BCUT2D eigenvalue weighted by molar-refractivity contribution is 6.32. The molecule has 0 saturated carbocycles. The van der Waals surface area contributed by atoms with Crippen LogP contribution in [0.25, 0.3) is 11.5 Å². The average molecular weight is 316 g/mol. The van der Waals surface area contributed by atoms with Crippen LogP contribution >= 0.6 is 24.0 Å². The van der Waals surface area contributed by atoms with E-state index in [0.717, 1.165) is 19.6 Å². The maximum atomic E-state index is 6.07. The average Bonchev–Trinajstić information content (AvgIpc) is 2.89. The SMILES string of the molecule is CN1CCNCC1c1noc(-c2ccncc2Cl)n1.Cl. The van der Waals surface area contributed by atoms with E-state index in [0.29, 0.717) is 22.3 Å². The summed E-state index contributed by atoms with van der Waals surface area (Å²) in [5, 5.41) is 7.89. The first-order chi connectivity index (χ1) is 9.25. The van der Waals surface area contributed by atoms with Gasteiger partial charge in [-0.2, -0.15) is 4.98 Å². The van der Waals surface area contributed by atoms with Crippen LogP contribution in [-0.2, 0) is 0 Å². The van der Waals surface area contributed by atoms with Gasteiger partial charge in [0, 0.05) is 32.0 Å². The Bertz CT molecular complexity index is 576. The molecule has 8 heteroatoms. The molecule has 1 aliphatic rings. The van der Waals surface area contributed by atoms with Gasteiger partial charge in [-0.05, 0) is 13.1 Å². The molecular weight excluding hydrogens is 301 g/mol. The predicted molar refractivity (Wildman–Crippen MR) is 78.0 cm³/mol. The van der Waals surface area contributed by atoms with Crippen LogP contribution in [-0.4, -0.2) is 46.7 Å². The zero-order valence-corrected chi connectivity index (χ0v) is 12.5. The van der Waals surface area contributed by atoms with Gasteiger partial charge in [0.2, 0.25) is 0 Å². The molecule has 2 aromatic rings. The summed E-state index contributed by atoms with van der Waals surface area (Å²) in [4.78, 5) is 10.6. The Hall–Kier alpha value is -1.21. The van der Waals surface area contributed by atoms with Gasteiger partial charge in [0.25, 0.3) is 5.89 Å². The van der Waals surface area contributed by atoms with Crippen LogP contribution in [0.15, 0.2) is 23.0 Å². The second-order valence-corrected chi connectivity index (χ2v) is 4.92. The summed E-state index contributed by atoms with van der Waals surface area (Å²) in [6.45, 7) is 2.76. The number of nitrogens with zero attached hydrogens (tertiary/aromatic N) is 4. The van der Waals surface area contributed by atoms with Crippen molar-refractivity contribution in [2.24, 2.45) is 0 Å². The summed E-state index contributed by atoms with van der Waals surface area (Å²) >= 11 is 6.07. The molecule has 0 aliphatic carbocycles. The minimum Gasteiger partial charge on any atom is -0.334 e. The Balaban J connectivity index is 0.00000147. The van der Waals surface area contributed by atoms with E-state index in [-0.39, 0.29) is 18.4 Å². The maximum Gasteiger partial charge on any atom is 0.259 e. The Kier molecular flexibility index (Phi) is 4.93. The van der Waals surface area contributed by atoms with Crippen LogP contribution in [0.1, 0.15) is 11.9 Å². The largest absolute Gasteiger partial charge is 0.334 e. The summed E-state index contributed by atoms with van der Waals surface area (Å²) in [6.07, 6.45) is 3.22. The summed E-state index contributed by atoms with van der Waals surface area (Å²) in [7, 11) is 2.06. The van der Waals surface area contributed by atoms with Crippen molar-refractivity contribution in [2.45, 2.75) is 6.04 Å². The van der Waals surface area contributed by atoms with Crippen molar-refractivity contribution < 1.29 is 4.52 Å². The Morgan fingerprint density at radius 2 is 2.35 bits per heavy atom. The van der Waals surface area contributed by atoms with E-state index in [4.69, 9.17) is 16.1 Å². The fraction of sp³-hybridized carbons (Fsp3) is 0.417. The predicted octanol–water partition coefficient (Wildman–Crippen LogP) is 1.78. The highest BCUT2D eigenvalue weighted by atomic mass is 35.5. The summed E-state index contributed by atoms with van der Waals surface area (Å²) in [5.74, 6) is 1.11. The maximum absolute atomic E-state index is 6.07. The third kappa shape index (κ3) is 2.93. The molecule has 1 N–H and O–H groups in total. The van der Waals surface area contributed by atoms with E-state index in [1.807, 2.05) is 0 Å². The number of pyridine rings is 1. The molecule has 3 heterocycles. The summed E-state index contributed by atoms with van der Waals surface area (Å²) in [5.41, 5.74) is 0.710. The van der Waals surface area contributed by atoms with Crippen molar-refractivity contribution in [3.8, 4) is 11.5 Å². The normalized spacial score (nSPS) is 19.6. The van der Waals surface area contributed by atoms with Crippen LogP contribution in [0.2, 0.25) is 5.02 Å². The Labute approximate surface area is 127 Å². The molecule has 2 aromatic heterocycles.